The Morgan fingerprint density at radius 3 is 2.60 bits per heavy atom. The number of benzene rings is 2. The predicted molar refractivity (Wildman–Crippen MR) is 101 cm³/mol. The predicted octanol–water partition coefficient (Wildman–Crippen LogP) is 3.58. The van der Waals surface area contributed by atoms with E-state index in [-0.39, 0.29) is 29.8 Å². The number of rotatable bonds is 6. The Bertz CT molecular complexity index is 1140. The fourth-order valence-corrected chi connectivity index (χ4v) is 3.21. The Hall–Kier alpha value is -3.94. The molecule has 4 rings (SSSR count). The maximum atomic E-state index is 13.5. The number of methoxy groups -OCH3 is 1. The Balaban J connectivity index is 1.51. The molecule has 0 aliphatic carbocycles. The molecule has 7 nitrogen and oxygen atoms in total. The number of hydrogen-bond acceptors (Lipinski definition) is 6. The zero-order chi connectivity index (χ0) is 21.3. The Morgan fingerprint density at radius 1 is 1.07 bits per heavy atom. The molecule has 3 aromatic rings. The molecule has 1 aliphatic rings. The first kappa shape index (κ1) is 19.4. The molecule has 0 atom stereocenters. The van der Waals surface area contributed by atoms with Gasteiger partial charge < -0.3 is 13.9 Å². The SMILES string of the molecule is COc1ccc(F)cc1COC(=O)c1ccc2c(c1)C(=O)N(Cc1ccco1)C2=O. The monoisotopic (exact) mass is 409 g/mol. The lowest BCUT2D eigenvalue weighted by Crippen LogP contribution is -2.28. The molecule has 30 heavy (non-hydrogen) atoms. The molecule has 1 aromatic heterocycles. The van der Waals surface area contributed by atoms with Gasteiger partial charge in [0.1, 0.15) is 23.9 Å². The summed E-state index contributed by atoms with van der Waals surface area (Å²) in [4.78, 5) is 38.7. The third-order valence-corrected chi connectivity index (χ3v) is 4.70. The molecule has 0 fully saturated rings. The summed E-state index contributed by atoms with van der Waals surface area (Å²) >= 11 is 0. The van der Waals surface area contributed by atoms with Gasteiger partial charge in [-0.25, -0.2) is 9.18 Å². The minimum absolute atomic E-state index is 0.00150. The number of nitrogens with zero attached hydrogens (tertiary/aromatic N) is 1. The van der Waals surface area contributed by atoms with Crippen molar-refractivity contribution in [3.63, 3.8) is 0 Å². The van der Waals surface area contributed by atoms with Gasteiger partial charge in [-0.15, -0.1) is 0 Å². The van der Waals surface area contributed by atoms with E-state index in [1.807, 2.05) is 0 Å². The van der Waals surface area contributed by atoms with E-state index in [4.69, 9.17) is 13.9 Å². The van der Waals surface area contributed by atoms with Crippen LogP contribution in [-0.2, 0) is 17.9 Å². The summed E-state index contributed by atoms with van der Waals surface area (Å²) in [7, 11) is 1.43. The fourth-order valence-electron chi connectivity index (χ4n) is 3.21. The van der Waals surface area contributed by atoms with Crippen molar-refractivity contribution in [1.82, 2.24) is 4.90 Å². The van der Waals surface area contributed by atoms with Crippen LogP contribution < -0.4 is 4.74 Å². The highest BCUT2D eigenvalue weighted by Crippen LogP contribution is 2.26. The second-order valence-corrected chi connectivity index (χ2v) is 6.57. The molecular weight excluding hydrogens is 393 g/mol. The number of imide groups is 1. The minimum Gasteiger partial charge on any atom is -0.496 e. The summed E-state index contributed by atoms with van der Waals surface area (Å²) in [5.74, 6) is -1.33. The standard InChI is InChI=1S/C22H16FNO6/c1-28-19-7-5-15(23)9-14(19)12-30-22(27)13-4-6-17-18(10-13)21(26)24(20(17)25)11-16-3-2-8-29-16/h2-10H,11-12H2,1H3. The third-order valence-electron chi connectivity index (χ3n) is 4.70. The molecule has 2 heterocycles. The number of hydrogen-bond donors (Lipinski definition) is 0. The normalized spacial score (nSPS) is 12.8. The van der Waals surface area contributed by atoms with Gasteiger partial charge in [0.05, 0.1) is 36.6 Å². The summed E-state index contributed by atoms with van der Waals surface area (Å²) in [6, 6.07) is 11.4. The molecule has 0 spiro atoms. The molecule has 0 N–H and O–H groups in total. The van der Waals surface area contributed by atoms with Crippen molar-refractivity contribution < 1.29 is 32.7 Å². The highest BCUT2D eigenvalue weighted by atomic mass is 19.1. The van der Waals surface area contributed by atoms with E-state index in [1.54, 1.807) is 12.1 Å². The van der Waals surface area contributed by atoms with Crippen LogP contribution in [0.5, 0.6) is 5.75 Å². The average Bonchev–Trinajstić information content (AvgIpc) is 3.35. The van der Waals surface area contributed by atoms with Gasteiger partial charge in [0, 0.05) is 5.56 Å². The summed E-state index contributed by atoms with van der Waals surface area (Å²) in [6.45, 7) is -0.215. The highest BCUT2D eigenvalue weighted by molar-refractivity contribution is 6.21. The van der Waals surface area contributed by atoms with Crippen LogP contribution in [0.1, 0.15) is 42.4 Å². The number of ether oxygens (including phenoxy) is 2. The van der Waals surface area contributed by atoms with Crippen LogP contribution in [0.2, 0.25) is 0 Å². The smallest absolute Gasteiger partial charge is 0.338 e. The molecule has 0 saturated carbocycles. The summed E-state index contributed by atoms with van der Waals surface area (Å²) in [5.41, 5.74) is 0.784. The van der Waals surface area contributed by atoms with Gasteiger partial charge in [0.2, 0.25) is 0 Å². The molecule has 2 amide bonds. The van der Waals surface area contributed by atoms with Crippen LogP contribution in [-0.4, -0.2) is 29.8 Å². The average molecular weight is 409 g/mol. The number of carbonyl (C=O) groups is 3. The van der Waals surface area contributed by atoms with Crippen LogP contribution >= 0.6 is 0 Å². The third kappa shape index (κ3) is 3.55. The summed E-state index contributed by atoms with van der Waals surface area (Å²) in [5, 5.41) is 0. The van der Waals surface area contributed by atoms with E-state index in [0.29, 0.717) is 17.1 Å². The van der Waals surface area contributed by atoms with Gasteiger partial charge in [0.25, 0.3) is 11.8 Å². The van der Waals surface area contributed by atoms with Crippen LogP contribution in [0.4, 0.5) is 4.39 Å². The maximum Gasteiger partial charge on any atom is 0.338 e. The summed E-state index contributed by atoms with van der Waals surface area (Å²) < 4.78 is 29.0. The van der Waals surface area contributed by atoms with Gasteiger partial charge in [-0.2, -0.15) is 0 Å². The van der Waals surface area contributed by atoms with Crippen LogP contribution in [0.25, 0.3) is 0 Å². The molecule has 0 radical (unpaired) electrons. The van der Waals surface area contributed by atoms with Gasteiger partial charge in [-0.05, 0) is 48.5 Å². The van der Waals surface area contributed by atoms with Crippen molar-refractivity contribution in [1.29, 1.82) is 0 Å². The van der Waals surface area contributed by atoms with Gasteiger partial charge >= 0.3 is 5.97 Å². The molecule has 2 aromatic carbocycles. The van der Waals surface area contributed by atoms with Gasteiger partial charge in [-0.3, -0.25) is 14.5 Å². The zero-order valence-electron chi connectivity index (χ0n) is 15.9. The first-order chi connectivity index (χ1) is 14.5. The molecule has 0 saturated heterocycles. The van der Waals surface area contributed by atoms with E-state index in [1.165, 1.54) is 49.8 Å². The van der Waals surface area contributed by atoms with Crippen molar-refractivity contribution >= 4 is 17.8 Å². The first-order valence-corrected chi connectivity index (χ1v) is 9.00. The largest absolute Gasteiger partial charge is 0.496 e. The fraction of sp³-hybridized carbons (Fsp3) is 0.136. The summed E-state index contributed by atoms with van der Waals surface area (Å²) in [6.07, 6.45) is 1.45. The number of halogens is 1. The van der Waals surface area contributed by atoms with Crippen LogP contribution in [0.3, 0.4) is 0 Å². The van der Waals surface area contributed by atoms with Crippen LogP contribution in [0, 0.1) is 5.82 Å². The number of esters is 1. The second kappa shape index (κ2) is 7.82. The lowest BCUT2D eigenvalue weighted by molar-refractivity contribution is 0.0469. The van der Waals surface area contributed by atoms with E-state index < -0.39 is 23.6 Å². The topological polar surface area (TPSA) is 86.1 Å². The number of furan rings is 1. The molecule has 1 aliphatic heterocycles. The molecule has 152 valence electrons. The maximum absolute atomic E-state index is 13.5. The van der Waals surface area contributed by atoms with Gasteiger partial charge in [0.15, 0.2) is 0 Å². The van der Waals surface area contributed by atoms with Crippen molar-refractivity contribution in [2.75, 3.05) is 7.11 Å². The van der Waals surface area contributed by atoms with Crippen LogP contribution in [0.15, 0.2) is 59.2 Å². The molecule has 0 bridgehead atoms. The lowest BCUT2D eigenvalue weighted by Gasteiger charge is -2.11. The first-order valence-electron chi connectivity index (χ1n) is 9.00. The Labute approximate surface area is 170 Å². The highest BCUT2D eigenvalue weighted by Gasteiger charge is 2.36. The zero-order valence-corrected chi connectivity index (χ0v) is 15.9. The van der Waals surface area contributed by atoms with E-state index in [2.05, 4.69) is 0 Å². The number of fused-ring (bicyclic) bond motifs is 1. The molecular formula is C22H16FNO6. The van der Waals surface area contributed by atoms with E-state index in [9.17, 15) is 18.8 Å². The van der Waals surface area contributed by atoms with Crippen molar-refractivity contribution in [3.05, 3.63) is 88.6 Å². The quantitative estimate of drug-likeness (QED) is 0.457. The number of carbonyl (C=O) groups excluding carboxylic acids is 3. The second-order valence-electron chi connectivity index (χ2n) is 6.57. The Kier molecular flexibility index (Phi) is 5.05. The van der Waals surface area contributed by atoms with E-state index >= 15 is 0 Å². The van der Waals surface area contributed by atoms with Crippen molar-refractivity contribution in [2.45, 2.75) is 13.2 Å². The minimum atomic E-state index is -0.714. The Morgan fingerprint density at radius 2 is 1.87 bits per heavy atom. The van der Waals surface area contributed by atoms with Crippen molar-refractivity contribution in [2.24, 2.45) is 0 Å². The van der Waals surface area contributed by atoms with Crippen molar-refractivity contribution in [3.8, 4) is 5.75 Å². The molecule has 0 unspecified atom stereocenters. The molecule has 8 heteroatoms. The van der Waals surface area contributed by atoms with E-state index in [0.717, 1.165) is 4.90 Å². The lowest BCUT2D eigenvalue weighted by atomic mass is 10.1. The van der Waals surface area contributed by atoms with Gasteiger partial charge in [-0.1, -0.05) is 0 Å². The number of amides is 2.